The van der Waals surface area contributed by atoms with E-state index in [0.717, 1.165) is 44.1 Å². The lowest BCUT2D eigenvalue weighted by Crippen LogP contribution is -2.35. The minimum Gasteiger partial charge on any atom is -0.467 e. The van der Waals surface area contributed by atoms with Crippen LogP contribution >= 0.6 is 24.8 Å². The molecule has 1 aliphatic heterocycles. The van der Waals surface area contributed by atoms with Crippen molar-refractivity contribution < 1.29 is 13.9 Å². The molecule has 144 valence electrons. The molecule has 0 radical (unpaired) electrons. The highest BCUT2D eigenvalue weighted by Gasteiger charge is 2.14. The molecule has 2 aromatic rings. The molecule has 1 fully saturated rings. The maximum Gasteiger partial charge on any atom is 0.258 e. The fraction of sp³-hybridized carbons (Fsp3) is 0.389. The van der Waals surface area contributed by atoms with E-state index in [2.05, 4.69) is 16.3 Å². The second kappa shape index (κ2) is 10.5. The first-order valence-corrected chi connectivity index (χ1v) is 8.14. The van der Waals surface area contributed by atoms with E-state index >= 15 is 0 Å². The Bertz CT molecular complexity index is 715. The van der Waals surface area contributed by atoms with Crippen molar-refractivity contribution in [3.63, 3.8) is 0 Å². The number of furan rings is 1. The van der Waals surface area contributed by atoms with Crippen molar-refractivity contribution in [2.75, 3.05) is 31.6 Å². The maximum atomic E-state index is 12.4. The monoisotopic (exact) mass is 401 g/mol. The van der Waals surface area contributed by atoms with Crippen molar-refractivity contribution in [1.29, 1.82) is 0 Å². The van der Waals surface area contributed by atoms with Gasteiger partial charge in [-0.3, -0.25) is 9.69 Å². The summed E-state index contributed by atoms with van der Waals surface area (Å²) in [6, 6.07) is 7.84. The summed E-state index contributed by atoms with van der Waals surface area (Å²) in [6.07, 6.45) is 1.43. The zero-order valence-electron chi connectivity index (χ0n) is 14.7. The number of nitrogens with zero attached hydrogens (tertiary/aromatic N) is 1. The third-order valence-corrected chi connectivity index (χ3v) is 4.18. The fourth-order valence-electron chi connectivity index (χ4n) is 2.72. The molecule has 3 rings (SSSR count). The van der Waals surface area contributed by atoms with Gasteiger partial charge >= 0.3 is 0 Å². The lowest BCUT2D eigenvalue weighted by molar-refractivity contribution is 0.0342. The summed E-state index contributed by atoms with van der Waals surface area (Å²) < 4.78 is 10.6. The molecule has 0 bridgehead atoms. The summed E-state index contributed by atoms with van der Waals surface area (Å²) in [5.74, 6) is 0.406. The van der Waals surface area contributed by atoms with E-state index in [1.807, 2.05) is 19.1 Å². The molecule has 26 heavy (non-hydrogen) atoms. The number of amides is 1. The molecule has 2 heterocycles. The predicted molar refractivity (Wildman–Crippen MR) is 106 cm³/mol. The minimum absolute atomic E-state index is 0. The largest absolute Gasteiger partial charge is 0.467 e. The topological polar surface area (TPSA) is 80.7 Å². The molecule has 6 nitrogen and oxygen atoms in total. The van der Waals surface area contributed by atoms with Crippen LogP contribution in [0.25, 0.3) is 0 Å². The Morgan fingerprint density at radius 1 is 1.23 bits per heavy atom. The number of benzene rings is 1. The minimum atomic E-state index is -0.190. The first-order valence-electron chi connectivity index (χ1n) is 8.14. The van der Waals surface area contributed by atoms with Crippen LogP contribution in [0.1, 0.15) is 27.2 Å². The Morgan fingerprint density at radius 2 is 1.96 bits per heavy atom. The molecule has 0 atom stereocenters. The highest BCUT2D eigenvalue weighted by molar-refractivity contribution is 6.04. The molecular formula is C18H25Cl2N3O3. The van der Waals surface area contributed by atoms with Crippen molar-refractivity contribution in [2.45, 2.75) is 20.0 Å². The number of hydrogen-bond donors (Lipinski definition) is 2. The molecule has 0 unspecified atom stereocenters. The van der Waals surface area contributed by atoms with Gasteiger partial charge in [0.05, 0.1) is 25.3 Å². The van der Waals surface area contributed by atoms with Gasteiger partial charge in [-0.05, 0) is 30.2 Å². The highest BCUT2D eigenvalue weighted by Crippen LogP contribution is 2.20. The fourth-order valence-corrected chi connectivity index (χ4v) is 2.72. The smallest absolute Gasteiger partial charge is 0.258 e. The van der Waals surface area contributed by atoms with E-state index in [4.69, 9.17) is 14.9 Å². The number of carbonyl (C=O) groups excluding carboxylic acids is 1. The highest BCUT2D eigenvalue weighted by atomic mass is 35.5. The summed E-state index contributed by atoms with van der Waals surface area (Å²) in [5, 5.41) is 2.96. The Kier molecular flexibility index (Phi) is 9.12. The van der Waals surface area contributed by atoms with Crippen LogP contribution in [0.15, 0.2) is 34.9 Å². The molecule has 1 aromatic heterocycles. The van der Waals surface area contributed by atoms with Gasteiger partial charge in [0.1, 0.15) is 12.0 Å². The molecule has 0 saturated carbocycles. The van der Waals surface area contributed by atoms with Gasteiger partial charge in [0.2, 0.25) is 0 Å². The zero-order chi connectivity index (χ0) is 16.9. The maximum absolute atomic E-state index is 12.4. The van der Waals surface area contributed by atoms with Crippen molar-refractivity contribution in [1.82, 2.24) is 4.90 Å². The average Bonchev–Trinajstić information content (AvgIpc) is 3.08. The molecule has 8 heteroatoms. The normalized spacial score (nSPS) is 14.2. The van der Waals surface area contributed by atoms with Crippen LogP contribution in [0, 0.1) is 6.92 Å². The molecule has 1 aromatic carbocycles. The number of halogens is 2. The number of rotatable bonds is 5. The van der Waals surface area contributed by atoms with Crippen LogP contribution in [0.3, 0.4) is 0 Å². The van der Waals surface area contributed by atoms with Gasteiger partial charge in [-0.2, -0.15) is 0 Å². The van der Waals surface area contributed by atoms with Crippen LogP contribution < -0.4 is 11.1 Å². The Morgan fingerprint density at radius 3 is 2.62 bits per heavy atom. The van der Waals surface area contributed by atoms with Crippen LogP contribution in [0.5, 0.6) is 0 Å². The Hall–Kier alpha value is -1.57. The molecule has 1 amide bonds. The van der Waals surface area contributed by atoms with E-state index in [9.17, 15) is 4.79 Å². The number of carbonyl (C=O) groups is 1. The van der Waals surface area contributed by atoms with E-state index in [-0.39, 0.29) is 37.3 Å². The lowest BCUT2D eigenvalue weighted by atomic mass is 10.1. The number of nitrogens with one attached hydrogen (secondary N) is 1. The summed E-state index contributed by atoms with van der Waals surface area (Å²) in [7, 11) is 0. The van der Waals surface area contributed by atoms with Gasteiger partial charge in [-0.1, -0.05) is 12.1 Å². The van der Waals surface area contributed by atoms with Gasteiger partial charge in [-0.25, -0.2) is 0 Å². The van der Waals surface area contributed by atoms with Gasteiger partial charge in [-0.15, -0.1) is 24.8 Å². The quantitative estimate of drug-likeness (QED) is 0.804. The Balaban J connectivity index is 0.00000169. The van der Waals surface area contributed by atoms with E-state index in [1.54, 1.807) is 6.07 Å². The van der Waals surface area contributed by atoms with Crippen LogP contribution in [-0.4, -0.2) is 37.1 Å². The second-order valence-corrected chi connectivity index (χ2v) is 6.00. The molecule has 0 spiro atoms. The average molecular weight is 402 g/mol. The molecule has 1 aliphatic rings. The number of anilines is 1. The molecule has 3 N–H and O–H groups in total. The van der Waals surface area contributed by atoms with Crippen molar-refractivity contribution in [3.05, 3.63) is 53.0 Å². The van der Waals surface area contributed by atoms with Crippen molar-refractivity contribution in [3.8, 4) is 0 Å². The van der Waals surface area contributed by atoms with Crippen molar-refractivity contribution in [2.24, 2.45) is 5.73 Å². The zero-order valence-corrected chi connectivity index (χ0v) is 16.3. The Labute approximate surface area is 165 Å². The lowest BCUT2D eigenvalue weighted by Gasteiger charge is -2.26. The molecule has 0 aliphatic carbocycles. The summed E-state index contributed by atoms with van der Waals surface area (Å²) in [5.41, 5.74) is 9.01. The number of ether oxygens (including phenoxy) is 1. The third-order valence-electron chi connectivity index (χ3n) is 4.18. The molecule has 1 saturated heterocycles. The summed E-state index contributed by atoms with van der Waals surface area (Å²) >= 11 is 0. The van der Waals surface area contributed by atoms with Gasteiger partial charge < -0.3 is 20.2 Å². The number of morpholine rings is 1. The first-order chi connectivity index (χ1) is 11.7. The SMILES string of the molecule is Cc1ccc(CN2CCOCC2)cc1NC(=O)c1coc(CN)c1.Cl.Cl. The van der Waals surface area contributed by atoms with E-state index < -0.39 is 0 Å². The number of aryl methyl sites for hydroxylation is 1. The molecular weight excluding hydrogens is 377 g/mol. The van der Waals surface area contributed by atoms with Gasteiger partial charge in [0.15, 0.2) is 0 Å². The van der Waals surface area contributed by atoms with Crippen LogP contribution in [0.4, 0.5) is 5.69 Å². The third kappa shape index (κ3) is 5.72. The summed E-state index contributed by atoms with van der Waals surface area (Å²) in [4.78, 5) is 14.7. The van der Waals surface area contributed by atoms with Gasteiger partial charge in [0, 0.05) is 25.3 Å². The van der Waals surface area contributed by atoms with Crippen molar-refractivity contribution >= 4 is 36.4 Å². The van der Waals surface area contributed by atoms with Crippen LogP contribution in [0.2, 0.25) is 0 Å². The first kappa shape index (κ1) is 22.5. The van der Waals surface area contributed by atoms with Crippen LogP contribution in [-0.2, 0) is 17.8 Å². The van der Waals surface area contributed by atoms with Gasteiger partial charge in [0.25, 0.3) is 5.91 Å². The standard InChI is InChI=1S/C18H23N3O3.2ClH/c1-13-2-3-14(11-21-4-6-23-7-5-21)8-17(13)20-18(22)15-9-16(10-19)24-12-15;;/h2-3,8-9,12H,4-7,10-11,19H2,1H3,(H,20,22);2*1H. The van der Waals surface area contributed by atoms with E-state index in [0.29, 0.717) is 11.3 Å². The second-order valence-electron chi connectivity index (χ2n) is 6.00. The number of hydrogen-bond acceptors (Lipinski definition) is 5. The number of nitrogens with two attached hydrogens (primary N) is 1. The van der Waals surface area contributed by atoms with E-state index in [1.165, 1.54) is 11.8 Å². The predicted octanol–water partition coefficient (Wildman–Crippen LogP) is 2.97. The summed E-state index contributed by atoms with van der Waals surface area (Å²) in [6.45, 7) is 6.55.